The van der Waals surface area contributed by atoms with Gasteiger partial charge in [-0.2, -0.15) is 0 Å². The van der Waals surface area contributed by atoms with Crippen LogP contribution in [0.15, 0.2) is 52.9 Å². The quantitative estimate of drug-likeness (QED) is 0.584. The molecule has 1 aliphatic rings. The van der Waals surface area contributed by atoms with E-state index in [0.717, 1.165) is 26.1 Å². The summed E-state index contributed by atoms with van der Waals surface area (Å²) < 4.78 is 13.8. The van der Waals surface area contributed by atoms with E-state index >= 15 is 0 Å². The number of rotatable bonds is 6. The minimum atomic E-state index is -0.156. The van der Waals surface area contributed by atoms with Gasteiger partial charge in [0.25, 0.3) is 0 Å². The Morgan fingerprint density at radius 2 is 2.00 bits per heavy atom. The van der Waals surface area contributed by atoms with Crippen LogP contribution in [0.1, 0.15) is 6.92 Å². The van der Waals surface area contributed by atoms with Crippen molar-refractivity contribution in [3.8, 4) is 11.5 Å². The Bertz CT molecular complexity index is 911. The highest BCUT2D eigenvalue weighted by atomic mass is 32.2. The van der Waals surface area contributed by atoms with Gasteiger partial charge in [0.05, 0.1) is 22.5 Å². The lowest BCUT2D eigenvalue weighted by atomic mass is 10.2. The minimum Gasteiger partial charge on any atom is -0.486 e. The number of hydrogen-bond donors (Lipinski definition) is 0. The van der Waals surface area contributed by atoms with Crippen molar-refractivity contribution in [3.05, 3.63) is 48.5 Å². The van der Waals surface area contributed by atoms with E-state index in [-0.39, 0.29) is 12.0 Å². The van der Waals surface area contributed by atoms with Gasteiger partial charge in [0.2, 0.25) is 5.91 Å². The Hall–Kier alpha value is -2.25. The fraction of sp³-hybridized carbons (Fsp3) is 0.300. The number of thiazole rings is 1. The molecule has 0 saturated heterocycles. The Kier molecular flexibility index (Phi) is 5.50. The van der Waals surface area contributed by atoms with Gasteiger partial charge in [0.15, 0.2) is 21.9 Å². The minimum absolute atomic E-state index is 0.0872. The van der Waals surface area contributed by atoms with Crippen LogP contribution in [-0.4, -0.2) is 47.3 Å². The zero-order valence-corrected chi connectivity index (χ0v) is 16.6. The first-order chi connectivity index (χ1) is 13.2. The van der Waals surface area contributed by atoms with E-state index in [0.29, 0.717) is 25.4 Å². The van der Waals surface area contributed by atoms with Crippen LogP contribution in [-0.2, 0) is 4.79 Å². The van der Waals surface area contributed by atoms with Crippen molar-refractivity contribution in [2.75, 3.05) is 25.4 Å². The molecule has 0 saturated carbocycles. The number of aromatic nitrogens is 1. The lowest BCUT2D eigenvalue weighted by Crippen LogP contribution is -2.44. The maximum absolute atomic E-state index is 12.7. The fourth-order valence-corrected chi connectivity index (χ4v) is 4.90. The molecule has 0 spiro atoms. The Morgan fingerprint density at radius 1 is 1.22 bits per heavy atom. The second kappa shape index (κ2) is 8.19. The molecule has 0 bridgehead atoms. The van der Waals surface area contributed by atoms with Gasteiger partial charge in [-0.1, -0.05) is 36.0 Å². The van der Waals surface area contributed by atoms with Gasteiger partial charge in [-0.05, 0) is 31.2 Å². The first kappa shape index (κ1) is 18.1. The molecule has 0 radical (unpaired) electrons. The van der Waals surface area contributed by atoms with Crippen LogP contribution in [0.4, 0.5) is 0 Å². The van der Waals surface area contributed by atoms with E-state index in [9.17, 15) is 4.79 Å². The molecule has 1 atom stereocenters. The first-order valence-corrected chi connectivity index (χ1v) is 10.7. The average Bonchev–Trinajstić information content (AvgIpc) is 3.13. The highest BCUT2D eigenvalue weighted by Crippen LogP contribution is 2.31. The predicted octanol–water partition coefficient (Wildman–Crippen LogP) is 4.08. The topological polar surface area (TPSA) is 51.7 Å². The maximum Gasteiger partial charge on any atom is 0.233 e. The number of benzene rings is 2. The summed E-state index contributed by atoms with van der Waals surface area (Å²) in [6.07, 6.45) is -0.156. The Labute approximate surface area is 166 Å². The smallest absolute Gasteiger partial charge is 0.233 e. The summed E-state index contributed by atoms with van der Waals surface area (Å²) >= 11 is 3.12. The van der Waals surface area contributed by atoms with E-state index in [1.54, 1.807) is 11.3 Å². The molecule has 7 heteroatoms. The van der Waals surface area contributed by atoms with Gasteiger partial charge in [-0.25, -0.2) is 4.98 Å². The number of carbonyl (C=O) groups excluding carboxylic acids is 1. The third kappa shape index (κ3) is 4.20. The van der Waals surface area contributed by atoms with Crippen molar-refractivity contribution in [1.82, 2.24) is 9.88 Å². The van der Waals surface area contributed by atoms with E-state index < -0.39 is 0 Å². The van der Waals surface area contributed by atoms with Gasteiger partial charge in [0, 0.05) is 6.54 Å². The van der Waals surface area contributed by atoms with Gasteiger partial charge < -0.3 is 14.4 Å². The number of likely N-dealkylation sites (N-methyl/N-ethyl adjacent to an activating group) is 1. The molecule has 0 aliphatic carbocycles. The molecule has 2 aromatic carbocycles. The van der Waals surface area contributed by atoms with Crippen molar-refractivity contribution in [1.29, 1.82) is 0 Å². The fourth-order valence-electron chi connectivity index (χ4n) is 2.93. The summed E-state index contributed by atoms with van der Waals surface area (Å²) in [6.45, 7) is 3.59. The van der Waals surface area contributed by atoms with Gasteiger partial charge >= 0.3 is 0 Å². The monoisotopic (exact) mass is 400 g/mol. The normalized spacial score (nSPS) is 15.7. The lowest BCUT2D eigenvalue weighted by molar-refractivity contribution is -0.129. The summed E-state index contributed by atoms with van der Waals surface area (Å²) in [5.74, 6) is 1.96. The molecule has 4 rings (SSSR count). The molecule has 1 aromatic heterocycles. The zero-order valence-electron chi connectivity index (χ0n) is 15.0. The third-order valence-electron chi connectivity index (χ3n) is 4.32. The highest BCUT2D eigenvalue weighted by molar-refractivity contribution is 8.01. The number of nitrogens with zero attached hydrogens (tertiary/aromatic N) is 2. The molecule has 27 heavy (non-hydrogen) atoms. The average molecular weight is 401 g/mol. The Morgan fingerprint density at radius 3 is 2.81 bits per heavy atom. The van der Waals surface area contributed by atoms with Crippen LogP contribution in [0.5, 0.6) is 11.5 Å². The van der Waals surface area contributed by atoms with Crippen LogP contribution >= 0.6 is 23.1 Å². The molecular formula is C20H20N2O3S2. The number of fused-ring (bicyclic) bond motifs is 2. The molecule has 2 heterocycles. The van der Waals surface area contributed by atoms with Crippen molar-refractivity contribution < 1.29 is 14.3 Å². The van der Waals surface area contributed by atoms with Crippen LogP contribution in [0.2, 0.25) is 0 Å². The second-order valence-electron chi connectivity index (χ2n) is 6.17. The maximum atomic E-state index is 12.7. The van der Waals surface area contributed by atoms with Crippen LogP contribution in [0, 0.1) is 0 Å². The Balaban J connectivity index is 1.34. The molecule has 0 unspecified atom stereocenters. The van der Waals surface area contributed by atoms with E-state index in [2.05, 4.69) is 11.1 Å². The van der Waals surface area contributed by atoms with Crippen molar-refractivity contribution in [2.24, 2.45) is 0 Å². The third-order valence-corrected chi connectivity index (χ3v) is 6.48. The van der Waals surface area contributed by atoms with Crippen molar-refractivity contribution >= 4 is 39.2 Å². The standard InChI is InChI=1S/C20H20N2O3S2/c1-2-22(11-14-12-24-16-8-4-5-9-17(16)25-14)19(23)13-26-20-21-15-7-3-6-10-18(15)27-20/h3-10,14H,2,11-13H2,1H3/t14-/m1/s1. The number of thioether (sulfide) groups is 1. The van der Waals surface area contributed by atoms with E-state index in [1.807, 2.05) is 54.3 Å². The van der Waals surface area contributed by atoms with E-state index in [1.165, 1.54) is 11.8 Å². The number of ether oxygens (including phenoxy) is 2. The number of hydrogen-bond acceptors (Lipinski definition) is 6. The van der Waals surface area contributed by atoms with Gasteiger partial charge in [-0.15, -0.1) is 11.3 Å². The molecule has 5 nitrogen and oxygen atoms in total. The molecule has 3 aromatic rings. The molecular weight excluding hydrogens is 380 g/mol. The van der Waals surface area contributed by atoms with Gasteiger partial charge in [-0.3, -0.25) is 4.79 Å². The summed E-state index contributed by atoms with van der Waals surface area (Å²) in [5.41, 5.74) is 0.983. The number of amides is 1. The zero-order chi connectivity index (χ0) is 18.6. The van der Waals surface area contributed by atoms with Crippen molar-refractivity contribution in [2.45, 2.75) is 17.4 Å². The first-order valence-electron chi connectivity index (χ1n) is 8.87. The molecule has 140 valence electrons. The summed E-state index contributed by atoms with van der Waals surface area (Å²) in [5, 5.41) is 0. The second-order valence-corrected chi connectivity index (χ2v) is 8.42. The van der Waals surface area contributed by atoms with Crippen LogP contribution in [0.25, 0.3) is 10.2 Å². The largest absolute Gasteiger partial charge is 0.486 e. The molecule has 0 fully saturated rings. The summed E-state index contributed by atoms with van der Waals surface area (Å²) in [6, 6.07) is 15.6. The molecule has 1 aliphatic heterocycles. The summed E-state index contributed by atoms with van der Waals surface area (Å²) in [7, 11) is 0. The highest BCUT2D eigenvalue weighted by Gasteiger charge is 2.24. The van der Waals surface area contributed by atoms with Crippen LogP contribution < -0.4 is 9.47 Å². The lowest BCUT2D eigenvalue weighted by Gasteiger charge is -2.30. The van der Waals surface area contributed by atoms with Gasteiger partial charge in [0.1, 0.15) is 6.61 Å². The van der Waals surface area contributed by atoms with Crippen LogP contribution in [0.3, 0.4) is 0 Å². The number of carbonyl (C=O) groups is 1. The van der Waals surface area contributed by atoms with E-state index in [4.69, 9.17) is 9.47 Å². The number of para-hydroxylation sites is 3. The molecule has 0 N–H and O–H groups in total. The molecule has 1 amide bonds. The van der Waals surface area contributed by atoms with Crippen molar-refractivity contribution in [3.63, 3.8) is 0 Å². The predicted molar refractivity (Wildman–Crippen MR) is 109 cm³/mol. The SMILES string of the molecule is CCN(C[C@@H]1COc2ccccc2O1)C(=O)CSc1nc2ccccc2s1. The summed E-state index contributed by atoms with van der Waals surface area (Å²) in [4.78, 5) is 19.1.